The second kappa shape index (κ2) is 6.32. The molecule has 0 aromatic heterocycles. The highest BCUT2D eigenvalue weighted by molar-refractivity contribution is 5.95. The minimum atomic E-state index is -0.333. The van der Waals surface area contributed by atoms with Crippen LogP contribution in [0.5, 0.6) is 0 Å². The van der Waals surface area contributed by atoms with Crippen LogP contribution in [0.4, 0.5) is 4.79 Å². The van der Waals surface area contributed by atoms with Gasteiger partial charge in [-0.2, -0.15) is 0 Å². The molecule has 6 heteroatoms. The summed E-state index contributed by atoms with van der Waals surface area (Å²) in [7, 11) is 0. The number of carbonyl (C=O) groups excluding carboxylic acids is 2. The van der Waals surface area contributed by atoms with E-state index in [-0.39, 0.29) is 18.0 Å². The van der Waals surface area contributed by atoms with Crippen LogP contribution in [0.3, 0.4) is 0 Å². The highest BCUT2D eigenvalue weighted by atomic mass is 16.2. The van der Waals surface area contributed by atoms with Crippen molar-refractivity contribution in [3.05, 3.63) is 0 Å². The van der Waals surface area contributed by atoms with Crippen LogP contribution in [0.25, 0.3) is 0 Å². The minimum Gasteiger partial charge on any atom is -0.335 e. The number of likely N-dealkylation sites (tertiary alicyclic amines) is 1. The highest BCUT2D eigenvalue weighted by Gasteiger charge is 2.42. The van der Waals surface area contributed by atoms with E-state index in [0.717, 1.165) is 32.5 Å². The number of fused-ring (bicyclic) bond motifs is 1. The lowest BCUT2D eigenvalue weighted by molar-refractivity contribution is -0.121. The van der Waals surface area contributed by atoms with Crippen LogP contribution in [-0.4, -0.2) is 55.1 Å². The number of rotatable bonds is 3. The van der Waals surface area contributed by atoms with E-state index in [4.69, 9.17) is 0 Å². The van der Waals surface area contributed by atoms with Gasteiger partial charge < -0.3 is 10.6 Å². The van der Waals surface area contributed by atoms with Crippen LogP contribution in [0.2, 0.25) is 0 Å². The summed E-state index contributed by atoms with van der Waals surface area (Å²) >= 11 is 0. The first-order chi connectivity index (χ1) is 10.1. The number of carbonyl (C=O) groups is 2. The van der Waals surface area contributed by atoms with E-state index < -0.39 is 0 Å². The molecule has 2 heterocycles. The number of hydrogen-bond donors (Lipinski definition) is 3. The summed E-state index contributed by atoms with van der Waals surface area (Å²) in [4.78, 5) is 26.0. The Labute approximate surface area is 126 Å². The van der Waals surface area contributed by atoms with Crippen molar-refractivity contribution in [1.29, 1.82) is 0 Å². The van der Waals surface area contributed by atoms with Crippen LogP contribution in [0, 0.1) is 11.8 Å². The van der Waals surface area contributed by atoms with Crippen LogP contribution in [-0.2, 0) is 4.79 Å². The molecule has 1 aliphatic carbocycles. The van der Waals surface area contributed by atoms with Gasteiger partial charge in [0.25, 0.3) is 0 Å². The minimum absolute atomic E-state index is 0.190. The fraction of sp³-hybridized carbons (Fsp3) is 0.867. The van der Waals surface area contributed by atoms with Crippen molar-refractivity contribution in [2.45, 2.75) is 44.7 Å². The molecule has 3 aliphatic rings. The Kier molecular flexibility index (Phi) is 4.45. The molecule has 118 valence electrons. The third-order valence-corrected chi connectivity index (χ3v) is 5.35. The summed E-state index contributed by atoms with van der Waals surface area (Å²) in [5, 5.41) is 8.77. The van der Waals surface area contributed by atoms with Gasteiger partial charge in [-0.25, -0.2) is 4.79 Å². The van der Waals surface area contributed by atoms with Gasteiger partial charge in [0.2, 0.25) is 5.91 Å². The molecular weight excluding hydrogens is 268 g/mol. The third-order valence-electron chi connectivity index (χ3n) is 5.35. The van der Waals surface area contributed by atoms with Crippen molar-refractivity contribution in [2.75, 3.05) is 26.2 Å². The second-order valence-corrected chi connectivity index (χ2v) is 6.76. The maximum Gasteiger partial charge on any atom is 0.321 e. The summed E-state index contributed by atoms with van der Waals surface area (Å²) in [6.07, 6.45) is 4.39. The van der Waals surface area contributed by atoms with Gasteiger partial charge in [-0.3, -0.25) is 15.0 Å². The fourth-order valence-electron chi connectivity index (χ4n) is 4.11. The largest absolute Gasteiger partial charge is 0.335 e. The van der Waals surface area contributed by atoms with Gasteiger partial charge in [0.15, 0.2) is 0 Å². The average molecular weight is 294 g/mol. The van der Waals surface area contributed by atoms with Gasteiger partial charge in [-0.1, -0.05) is 12.8 Å². The smallest absolute Gasteiger partial charge is 0.321 e. The Hall–Kier alpha value is -1.14. The van der Waals surface area contributed by atoms with Crippen LogP contribution < -0.4 is 16.0 Å². The second-order valence-electron chi connectivity index (χ2n) is 6.76. The van der Waals surface area contributed by atoms with Crippen molar-refractivity contribution in [3.63, 3.8) is 0 Å². The Balaban J connectivity index is 1.42. The number of amides is 3. The average Bonchev–Trinajstić information content (AvgIpc) is 3.11. The van der Waals surface area contributed by atoms with Gasteiger partial charge in [0.05, 0.1) is 6.54 Å². The number of hydrogen-bond acceptors (Lipinski definition) is 4. The zero-order valence-electron chi connectivity index (χ0n) is 12.7. The summed E-state index contributed by atoms with van der Waals surface area (Å²) in [6.45, 7) is 5.56. The Morgan fingerprint density at radius 3 is 2.71 bits per heavy atom. The molecule has 0 aromatic carbocycles. The fourth-order valence-corrected chi connectivity index (χ4v) is 4.11. The molecule has 3 rings (SSSR count). The predicted molar refractivity (Wildman–Crippen MR) is 79.8 cm³/mol. The molecule has 3 fully saturated rings. The first kappa shape index (κ1) is 14.8. The Morgan fingerprint density at radius 1 is 1.24 bits per heavy atom. The molecule has 0 spiro atoms. The molecule has 3 N–H and O–H groups in total. The molecule has 0 aromatic rings. The van der Waals surface area contributed by atoms with Crippen molar-refractivity contribution < 1.29 is 9.59 Å². The molecule has 3 atom stereocenters. The maximum absolute atomic E-state index is 12.0. The molecule has 3 unspecified atom stereocenters. The molecule has 0 radical (unpaired) electrons. The highest BCUT2D eigenvalue weighted by Crippen LogP contribution is 2.31. The number of urea groups is 1. The standard InChI is InChI=1S/C15H26N4O2/c1-10-13-7-16-6-11(13)8-19(10)9-14(20)18-15(21)17-12-4-2-3-5-12/h10-13,16H,2-9H2,1H3,(H2,17,18,20,21). The van der Waals surface area contributed by atoms with E-state index in [1.54, 1.807) is 0 Å². The third kappa shape index (κ3) is 3.37. The lowest BCUT2D eigenvalue weighted by Crippen LogP contribution is -2.48. The quantitative estimate of drug-likeness (QED) is 0.700. The number of nitrogens with zero attached hydrogens (tertiary/aromatic N) is 1. The van der Waals surface area contributed by atoms with E-state index in [9.17, 15) is 9.59 Å². The number of imide groups is 1. The zero-order chi connectivity index (χ0) is 14.8. The molecule has 3 amide bonds. The molecule has 21 heavy (non-hydrogen) atoms. The topological polar surface area (TPSA) is 73.5 Å². The molecule has 6 nitrogen and oxygen atoms in total. The van der Waals surface area contributed by atoms with Gasteiger partial charge in [-0.15, -0.1) is 0 Å². The SMILES string of the molecule is CC1C2CNCC2CN1CC(=O)NC(=O)NC1CCCC1. The van der Waals surface area contributed by atoms with E-state index in [2.05, 4.69) is 27.8 Å². The van der Waals surface area contributed by atoms with Crippen LogP contribution in [0.15, 0.2) is 0 Å². The van der Waals surface area contributed by atoms with E-state index in [1.807, 2.05) is 0 Å². The van der Waals surface area contributed by atoms with Crippen LogP contribution >= 0.6 is 0 Å². The Morgan fingerprint density at radius 2 is 2.00 bits per heavy atom. The van der Waals surface area contributed by atoms with Gasteiger partial charge >= 0.3 is 6.03 Å². The predicted octanol–water partition coefficient (Wildman–Crippen LogP) is 0.295. The van der Waals surface area contributed by atoms with Gasteiger partial charge in [0, 0.05) is 18.6 Å². The van der Waals surface area contributed by atoms with Crippen LogP contribution in [0.1, 0.15) is 32.6 Å². The lowest BCUT2D eigenvalue weighted by Gasteiger charge is -2.23. The van der Waals surface area contributed by atoms with E-state index in [1.165, 1.54) is 12.8 Å². The zero-order valence-corrected chi connectivity index (χ0v) is 12.7. The summed E-state index contributed by atoms with van der Waals surface area (Å²) in [5.74, 6) is 1.11. The molecule has 1 saturated carbocycles. The van der Waals surface area contributed by atoms with Gasteiger partial charge in [0.1, 0.15) is 0 Å². The van der Waals surface area contributed by atoms with Crippen molar-refractivity contribution >= 4 is 11.9 Å². The summed E-state index contributed by atoms with van der Waals surface area (Å²) < 4.78 is 0. The molecule has 2 aliphatic heterocycles. The summed E-state index contributed by atoms with van der Waals surface area (Å²) in [5.41, 5.74) is 0. The normalized spacial score (nSPS) is 33.1. The summed E-state index contributed by atoms with van der Waals surface area (Å²) in [6, 6.07) is 0.322. The number of nitrogens with one attached hydrogen (secondary N) is 3. The van der Waals surface area contributed by atoms with E-state index >= 15 is 0 Å². The molecule has 0 bridgehead atoms. The first-order valence-corrected chi connectivity index (χ1v) is 8.18. The van der Waals surface area contributed by atoms with E-state index in [0.29, 0.717) is 24.4 Å². The molecular formula is C15H26N4O2. The molecule has 2 saturated heterocycles. The maximum atomic E-state index is 12.0. The van der Waals surface area contributed by atoms with Crippen molar-refractivity contribution in [1.82, 2.24) is 20.9 Å². The monoisotopic (exact) mass is 294 g/mol. The Bertz CT molecular complexity index is 408. The van der Waals surface area contributed by atoms with Crippen molar-refractivity contribution in [2.24, 2.45) is 11.8 Å². The van der Waals surface area contributed by atoms with Gasteiger partial charge in [-0.05, 0) is 44.7 Å². The lowest BCUT2D eigenvalue weighted by atomic mass is 9.95. The first-order valence-electron chi connectivity index (χ1n) is 8.18. The van der Waals surface area contributed by atoms with Crippen molar-refractivity contribution in [3.8, 4) is 0 Å².